The van der Waals surface area contributed by atoms with Crippen LogP contribution in [-0.4, -0.2) is 38.7 Å². The summed E-state index contributed by atoms with van der Waals surface area (Å²) in [6.45, 7) is 0. The molecule has 2 atom stereocenters. The van der Waals surface area contributed by atoms with Gasteiger partial charge in [0, 0.05) is 12.6 Å². The maximum Gasteiger partial charge on any atom is 0.326 e. The molecule has 1 aliphatic heterocycles. The Hall–Kier alpha value is -2.34. The number of carbonyl (C=O) groups excluding carboxylic acids is 1. The van der Waals surface area contributed by atoms with Gasteiger partial charge in [-0.25, -0.2) is 4.79 Å². The van der Waals surface area contributed by atoms with E-state index < -0.39 is 12.0 Å². The molecule has 2 heterocycles. The summed E-state index contributed by atoms with van der Waals surface area (Å²) in [4.78, 5) is 29.8. The Kier molecular flexibility index (Phi) is 4.62. The fourth-order valence-electron chi connectivity index (χ4n) is 2.67. The zero-order valence-corrected chi connectivity index (χ0v) is 13.1. The third-order valence-corrected chi connectivity index (χ3v) is 4.94. The number of nitrogens with zero attached hydrogens (tertiary/aromatic N) is 2. The van der Waals surface area contributed by atoms with Gasteiger partial charge in [-0.3, -0.25) is 9.78 Å². The maximum atomic E-state index is 12.3. The number of aromatic nitrogens is 1. The normalized spacial score (nSPS) is 18.9. The van der Waals surface area contributed by atoms with E-state index in [0.29, 0.717) is 5.69 Å². The van der Waals surface area contributed by atoms with E-state index in [1.54, 1.807) is 12.3 Å². The molecule has 1 saturated heterocycles. The van der Waals surface area contributed by atoms with E-state index in [9.17, 15) is 14.7 Å². The number of carboxylic acids is 1. The molecule has 1 aromatic carbocycles. The summed E-state index contributed by atoms with van der Waals surface area (Å²) in [5.41, 5.74) is 1.60. The quantitative estimate of drug-likeness (QED) is 0.912. The van der Waals surface area contributed by atoms with Crippen LogP contribution in [0.5, 0.6) is 0 Å². The van der Waals surface area contributed by atoms with Crippen molar-refractivity contribution < 1.29 is 14.7 Å². The topological polar surface area (TPSA) is 70.5 Å². The van der Waals surface area contributed by atoms with Crippen molar-refractivity contribution in [1.82, 2.24) is 9.88 Å². The van der Waals surface area contributed by atoms with Crippen molar-refractivity contribution in [2.24, 2.45) is 0 Å². The average Bonchev–Trinajstić information content (AvgIpc) is 2.95. The minimum Gasteiger partial charge on any atom is -0.480 e. The summed E-state index contributed by atoms with van der Waals surface area (Å²) in [6.07, 6.45) is 1.94. The van der Waals surface area contributed by atoms with Crippen molar-refractivity contribution in [3.8, 4) is 0 Å². The molecule has 2 unspecified atom stereocenters. The van der Waals surface area contributed by atoms with Gasteiger partial charge in [-0.1, -0.05) is 36.4 Å². The Balaban J connectivity index is 1.90. The highest BCUT2D eigenvalue weighted by Crippen LogP contribution is 2.39. The zero-order valence-electron chi connectivity index (χ0n) is 12.3. The monoisotopic (exact) mass is 328 g/mol. The molecule has 23 heavy (non-hydrogen) atoms. The number of carboxylic acid groups (broad SMARTS) is 1. The second kappa shape index (κ2) is 6.83. The number of thioether (sulfide) groups is 1. The summed E-state index contributed by atoms with van der Waals surface area (Å²) in [6, 6.07) is 13.9. The maximum absolute atomic E-state index is 12.3. The predicted molar refractivity (Wildman–Crippen MR) is 87.9 cm³/mol. The Labute approximate surface area is 138 Å². The molecule has 1 amide bonds. The van der Waals surface area contributed by atoms with Gasteiger partial charge in [-0.15, -0.1) is 11.8 Å². The lowest BCUT2D eigenvalue weighted by molar-refractivity contribution is -0.149. The SMILES string of the molecule is O=C(O)C(Cc1ccccc1)N1C(=O)CSC1c1ccccn1. The number of benzene rings is 1. The third kappa shape index (κ3) is 3.37. The molecule has 2 aromatic rings. The molecule has 118 valence electrons. The van der Waals surface area contributed by atoms with Gasteiger partial charge >= 0.3 is 5.97 Å². The van der Waals surface area contributed by atoms with E-state index in [1.165, 1.54) is 16.7 Å². The molecule has 1 N–H and O–H groups in total. The van der Waals surface area contributed by atoms with Gasteiger partial charge in [-0.2, -0.15) is 0 Å². The molecule has 0 radical (unpaired) electrons. The lowest BCUT2D eigenvalue weighted by Crippen LogP contribution is -2.45. The van der Waals surface area contributed by atoms with Crippen molar-refractivity contribution in [3.63, 3.8) is 0 Å². The first kappa shape index (κ1) is 15.6. The number of amides is 1. The van der Waals surface area contributed by atoms with Crippen LogP contribution in [0.1, 0.15) is 16.6 Å². The van der Waals surface area contributed by atoms with Crippen molar-refractivity contribution >= 4 is 23.6 Å². The van der Waals surface area contributed by atoms with Gasteiger partial charge in [0.25, 0.3) is 0 Å². The van der Waals surface area contributed by atoms with Crippen LogP contribution in [0, 0.1) is 0 Å². The molecule has 5 nitrogen and oxygen atoms in total. The first-order valence-electron chi connectivity index (χ1n) is 7.27. The molecule has 0 bridgehead atoms. The van der Waals surface area contributed by atoms with Crippen LogP contribution in [0.4, 0.5) is 0 Å². The Morgan fingerprint density at radius 1 is 1.26 bits per heavy atom. The average molecular weight is 328 g/mol. The van der Waals surface area contributed by atoms with Crippen LogP contribution in [-0.2, 0) is 16.0 Å². The van der Waals surface area contributed by atoms with Gasteiger partial charge in [0.1, 0.15) is 11.4 Å². The molecule has 1 fully saturated rings. The second-order valence-electron chi connectivity index (χ2n) is 5.26. The third-order valence-electron chi connectivity index (χ3n) is 3.74. The van der Waals surface area contributed by atoms with Crippen LogP contribution in [0.2, 0.25) is 0 Å². The number of carbonyl (C=O) groups is 2. The minimum atomic E-state index is -0.995. The van der Waals surface area contributed by atoms with Crippen molar-refractivity contribution in [1.29, 1.82) is 0 Å². The van der Waals surface area contributed by atoms with Crippen molar-refractivity contribution in [3.05, 3.63) is 66.0 Å². The Morgan fingerprint density at radius 2 is 2.00 bits per heavy atom. The number of aliphatic carboxylic acids is 1. The highest BCUT2D eigenvalue weighted by molar-refractivity contribution is 8.00. The van der Waals surface area contributed by atoms with Crippen LogP contribution < -0.4 is 0 Å². The summed E-state index contributed by atoms with van der Waals surface area (Å²) in [7, 11) is 0. The fourth-order valence-corrected chi connectivity index (χ4v) is 3.85. The summed E-state index contributed by atoms with van der Waals surface area (Å²) >= 11 is 1.42. The zero-order chi connectivity index (χ0) is 16.2. The first-order chi connectivity index (χ1) is 11.2. The molecule has 0 spiro atoms. The van der Waals surface area contributed by atoms with Crippen LogP contribution >= 0.6 is 11.8 Å². The van der Waals surface area contributed by atoms with Gasteiger partial charge in [0.05, 0.1) is 11.4 Å². The van der Waals surface area contributed by atoms with E-state index in [-0.39, 0.29) is 23.5 Å². The van der Waals surface area contributed by atoms with E-state index in [2.05, 4.69) is 4.98 Å². The number of rotatable bonds is 5. The molecule has 0 aliphatic carbocycles. The smallest absolute Gasteiger partial charge is 0.326 e. The van der Waals surface area contributed by atoms with Crippen LogP contribution in [0.3, 0.4) is 0 Å². The largest absolute Gasteiger partial charge is 0.480 e. The molecule has 3 rings (SSSR count). The highest BCUT2D eigenvalue weighted by Gasteiger charge is 2.41. The second-order valence-corrected chi connectivity index (χ2v) is 6.33. The van der Waals surface area contributed by atoms with E-state index in [4.69, 9.17) is 0 Å². The number of hydrogen-bond donors (Lipinski definition) is 1. The number of hydrogen-bond acceptors (Lipinski definition) is 4. The molecule has 1 aliphatic rings. The predicted octanol–water partition coefficient (Wildman–Crippen LogP) is 2.35. The summed E-state index contributed by atoms with van der Waals surface area (Å²) < 4.78 is 0. The lowest BCUT2D eigenvalue weighted by Gasteiger charge is -2.29. The van der Waals surface area contributed by atoms with Gasteiger partial charge in [-0.05, 0) is 17.7 Å². The Morgan fingerprint density at radius 3 is 2.65 bits per heavy atom. The van der Waals surface area contributed by atoms with Crippen LogP contribution in [0.15, 0.2) is 54.7 Å². The highest BCUT2D eigenvalue weighted by atomic mass is 32.2. The van der Waals surface area contributed by atoms with Gasteiger partial charge < -0.3 is 10.0 Å². The van der Waals surface area contributed by atoms with E-state index in [1.807, 2.05) is 42.5 Å². The van der Waals surface area contributed by atoms with Gasteiger partial charge in [0.15, 0.2) is 0 Å². The Bertz CT molecular complexity index is 693. The molecule has 1 aromatic heterocycles. The lowest BCUT2D eigenvalue weighted by atomic mass is 10.0. The molecule has 0 saturated carbocycles. The van der Waals surface area contributed by atoms with Crippen molar-refractivity contribution in [2.75, 3.05) is 5.75 Å². The fraction of sp³-hybridized carbons (Fsp3) is 0.235. The minimum absolute atomic E-state index is 0.158. The van der Waals surface area contributed by atoms with Gasteiger partial charge in [0.2, 0.25) is 5.91 Å². The van der Waals surface area contributed by atoms with Crippen molar-refractivity contribution in [2.45, 2.75) is 17.8 Å². The molecular formula is C17H16N2O3S. The molecular weight excluding hydrogens is 312 g/mol. The van der Waals surface area contributed by atoms with E-state index >= 15 is 0 Å². The number of pyridine rings is 1. The van der Waals surface area contributed by atoms with E-state index in [0.717, 1.165) is 5.56 Å². The summed E-state index contributed by atoms with van der Waals surface area (Å²) in [5, 5.41) is 9.30. The molecule has 6 heteroatoms. The first-order valence-corrected chi connectivity index (χ1v) is 8.32. The standard InChI is InChI=1S/C17H16N2O3S/c20-15-11-23-16(13-8-4-5-9-18-13)19(15)14(17(21)22)10-12-6-2-1-3-7-12/h1-9,14,16H,10-11H2,(H,21,22). The summed E-state index contributed by atoms with van der Waals surface area (Å²) in [5.74, 6) is -0.876. The van der Waals surface area contributed by atoms with Crippen LogP contribution in [0.25, 0.3) is 0 Å².